The fraction of sp³-hybridized carbons (Fsp3) is 0.200. The lowest BCUT2D eigenvalue weighted by Gasteiger charge is -2.03. The summed E-state index contributed by atoms with van der Waals surface area (Å²) in [5.74, 6) is 0. The molecule has 1 aromatic carbocycles. The number of hydrogen-bond acceptors (Lipinski definition) is 1. The van der Waals surface area contributed by atoms with Gasteiger partial charge in [0.2, 0.25) is 0 Å². The molecule has 1 aromatic rings. The minimum atomic E-state index is 0.590. The van der Waals surface area contributed by atoms with Gasteiger partial charge in [-0.1, -0.05) is 40.2 Å². The van der Waals surface area contributed by atoms with Crippen LogP contribution in [0.3, 0.4) is 0 Å². The maximum absolute atomic E-state index is 5.43. The fourth-order valence-corrected chi connectivity index (χ4v) is 1.67. The molecule has 64 valence electrons. The molecule has 0 saturated carbocycles. The molecule has 0 aliphatic heterocycles. The summed E-state index contributed by atoms with van der Waals surface area (Å²) in [6.07, 6.45) is 2.01. The average molecular weight is 226 g/mol. The molecule has 0 atom stereocenters. The van der Waals surface area contributed by atoms with E-state index in [0.29, 0.717) is 6.54 Å². The summed E-state index contributed by atoms with van der Waals surface area (Å²) in [6.45, 7) is 2.65. The Bertz CT molecular complexity index is 292. The maximum atomic E-state index is 5.43. The quantitative estimate of drug-likeness (QED) is 0.824. The van der Waals surface area contributed by atoms with Crippen molar-refractivity contribution < 1.29 is 0 Å². The van der Waals surface area contributed by atoms with E-state index < -0.39 is 0 Å². The Hall–Kier alpha value is -0.600. The van der Waals surface area contributed by atoms with E-state index in [1.807, 2.05) is 24.3 Å². The zero-order valence-electron chi connectivity index (χ0n) is 7.05. The highest BCUT2D eigenvalue weighted by molar-refractivity contribution is 9.10. The second kappa shape index (κ2) is 4.43. The van der Waals surface area contributed by atoms with E-state index in [1.54, 1.807) is 0 Å². The lowest BCUT2D eigenvalue weighted by Crippen LogP contribution is -1.94. The van der Waals surface area contributed by atoms with Crippen LogP contribution in [0.2, 0.25) is 0 Å². The van der Waals surface area contributed by atoms with E-state index >= 15 is 0 Å². The van der Waals surface area contributed by atoms with Gasteiger partial charge in [-0.25, -0.2) is 0 Å². The van der Waals surface area contributed by atoms with Crippen molar-refractivity contribution in [3.63, 3.8) is 0 Å². The van der Waals surface area contributed by atoms with Crippen LogP contribution in [0.15, 0.2) is 34.8 Å². The second-order valence-electron chi connectivity index (χ2n) is 2.60. The van der Waals surface area contributed by atoms with Gasteiger partial charge in [0.1, 0.15) is 0 Å². The van der Waals surface area contributed by atoms with E-state index in [0.717, 1.165) is 4.47 Å². The Labute approximate surface area is 81.4 Å². The number of benzene rings is 1. The first kappa shape index (κ1) is 9.49. The molecule has 0 unspecified atom stereocenters. The van der Waals surface area contributed by atoms with Crippen LogP contribution in [0.5, 0.6) is 0 Å². The molecule has 12 heavy (non-hydrogen) atoms. The molecule has 2 heteroatoms. The molecular formula is C10H12BrN. The van der Waals surface area contributed by atoms with Crippen molar-refractivity contribution in [2.24, 2.45) is 5.73 Å². The van der Waals surface area contributed by atoms with E-state index in [9.17, 15) is 0 Å². The molecule has 0 aromatic heterocycles. The van der Waals surface area contributed by atoms with Gasteiger partial charge in [0.05, 0.1) is 0 Å². The maximum Gasteiger partial charge on any atom is 0.0250 e. The summed E-state index contributed by atoms with van der Waals surface area (Å²) in [7, 11) is 0. The third-order valence-corrected chi connectivity index (χ3v) is 2.41. The van der Waals surface area contributed by atoms with Gasteiger partial charge in [-0.05, 0) is 24.1 Å². The first-order valence-electron chi connectivity index (χ1n) is 3.87. The van der Waals surface area contributed by atoms with Crippen LogP contribution >= 0.6 is 15.9 Å². The number of halogens is 1. The Morgan fingerprint density at radius 1 is 1.50 bits per heavy atom. The van der Waals surface area contributed by atoms with Crippen molar-refractivity contribution in [1.82, 2.24) is 0 Å². The topological polar surface area (TPSA) is 26.0 Å². The minimum absolute atomic E-state index is 0.590. The van der Waals surface area contributed by atoms with Crippen LogP contribution in [-0.2, 0) is 0 Å². The zero-order valence-corrected chi connectivity index (χ0v) is 8.64. The summed E-state index contributed by atoms with van der Waals surface area (Å²) in [5.41, 5.74) is 7.85. The molecule has 0 amide bonds. The third kappa shape index (κ3) is 2.19. The molecule has 0 spiro atoms. The van der Waals surface area contributed by atoms with E-state index in [1.165, 1.54) is 11.1 Å². The van der Waals surface area contributed by atoms with Crippen molar-refractivity contribution in [1.29, 1.82) is 0 Å². The van der Waals surface area contributed by atoms with E-state index in [2.05, 4.69) is 28.9 Å². The summed E-state index contributed by atoms with van der Waals surface area (Å²) in [4.78, 5) is 0. The standard InChI is InChI=1S/C10H12BrN/c1-8(6-7-12)9-4-2-3-5-10(9)11/h2-6H,7,12H2,1H3. The van der Waals surface area contributed by atoms with Crippen molar-refractivity contribution in [3.05, 3.63) is 40.4 Å². The molecule has 2 N–H and O–H groups in total. The highest BCUT2D eigenvalue weighted by Crippen LogP contribution is 2.22. The fourth-order valence-electron chi connectivity index (χ4n) is 1.07. The van der Waals surface area contributed by atoms with Gasteiger partial charge in [0, 0.05) is 11.0 Å². The Balaban J connectivity index is 3.02. The monoisotopic (exact) mass is 225 g/mol. The van der Waals surface area contributed by atoms with Crippen molar-refractivity contribution in [2.45, 2.75) is 6.92 Å². The number of hydrogen-bond donors (Lipinski definition) is 1. The van der Waals surface area contributed by atoms with Crippen molar-refractivity contribution >= 4 is 21.5 Å². The zero-order chi connectivity index (χ0) is 8.97. The Kier molecular flexibility index (Phi) is 3.50. The molecule has 0 aliphatic carbocycles. The molecule has 0 radical (unpaired) electrons. The first-order valence-corrected chi connectivity index (χ1v) is 4.66. The van der Waals surface area contributed by atoms with E-state index in [-0.39, 0.29) is 0 Å². The molecular weight excluding hydrogens is 214 g/mol. The van der Waals surface area contributed by atoms with Crippen LogP contribution < -0.4 is 5.73 Å². The molecule has 0 fully saturated rings. The van der Waals surface area contributed by atoms with Gasteiger partial charge in [0.15, 0.2) is 0 Å². The predicted octanol–water partition coefficient (Wildman–Crippen LogP) is 2.81. The van der Waals surface area contributed by atoms with Crippen molar-refractivity contribution in [3.8, 4) is 0 Å². The lowest BCUT2D eigenvalue weighted by atomic mass is 10.1. The summed E-state index contributed by atoms with van der Waals surface area (Å²) in [6, 6.07) is 8.13. The summed E-state index contributed by atoms with van der Waals surface area (Å²) < 4.78 is 1.12. The SMILES string of the molecule is CC(=CCN)c1ccccc1Br. The molecule has 1 nitrogen and oxygen atoms in total. The van der Waals surface area contributed by atoms with Crippen LogP contribution in [0.25, 0.3) is 5.57 Å². The highest BCUT2D eigenvalue weighted by atomic mass is 79.9. The summed E-state index contributed by atoms with van der Waals surface area (Å²) in [5, 5.41) is 0. The third-order valence-electron chi connectivity index (χ3n) is 1.72. The smallest absolute Gasteiger partial charge is 0.0250 e. The molecule has 0 bridgehead atoms. The van der Waals surface area contributed by atoms with Gasteiger partial charge >= 0.3 is 0 Å². The molecule has 0 aliphatic rings. The lowest BCUT2D eigenvalue weighted by molar-refractivity contribution is 1.25. The molecule has 0 saturated heterocycles. The van der Waals surface area contributed by atoms with Crippen LogP contribution in [0.1, 0.15) is 12.5 Å². The largest absolute Gasteiger partial charge is 0.327 e. The minimum Gasteiger partial charge on any atom is -0.327 e. The normalized spacial score (nSPS) is 11.8. The number of allylic oxidation sites excluding steroid dienone is 1. The predicted molar refractivity (Wildman–Crippen MR) is 56.8 cm³/mol. The Morgan fingerprint density at radius 2 is 2.17 bits per heavy atom. The number of rotatable bonds is 2. The molecule has 1 rings (SSSR count). The van der Waals surface area contributed by atoms with Crippen LogP contribution in [-0.4, -0.2) is 6.54 Å². The Morgan fingerprint density at radius 3 is 2.75 bits per heavy atom. The summed E-state index contributed by atoms with van der Waals surface area (Å²) >= 11 is 3.49. The van der Waals surface area contributed by atoms with Crippen LogP contribution in [0.4, 0.5) is 0 Å². The van der Waals surface area contributed by atoms with Gasteiger partial charge in [0.25, 0.3) is 0 Å². The molecule has 0 heterocycles. The van der Waals surface area contributed by atoms with E-state index in [4.69, 9.17) is 5.73 Å². The van der Waals surface area contributed by atoms with Crippen molar-refractivity contribution in [2.75, 3.05) is 6.54 Å². The average Bonchev–Trinajstić information content (AvgIpc) is 2.05. The second-order valence-corrected chi connectivity index (χ2v) is 3.46. The number of nitrogens with two attached hydrogens (primary N) is 1. The van der Waals surface area contributed by atoms with Gasteiger partial charge in [-0.15, -0.1) is 0 Å². The van der Waals surface area contributed by atoms with Gasteiger partial charge in [-0.3, -0.25) is 0 Å². The van der Waals surface area contributed by atoms with Gasteiger partial charge < -0.3 is 5.73 Å². The first-order chi connectivity index (χ1) is 5.75. The highest BCUT2D eigenvalue weighted by Gasteiger charge is 1.98. The van der Waals surface area contributed by atoms with Gasteiger partial charge in [-0.2, -0.15) is 0 Å². The van der Waals surface area contributed by atoms with Crippen LogP contribution in [0, 0.1) is 0 Å².